The molecular formula is C15H18N4. The number of hydrogen-bond donors (Lipinski definition) is 0. The first-order valence-corrected chi connectivity index (χ1v) is 6.83. The lowest BCUT2D eigenvalue weighted by molar-refractivity contribution is 0.639. The van der Waals surface area contributed by atoms with Gasteiger partial charge in [0.15, 0.2) is 0 Å². The molecule has 0 spiro atoms. The Morgan fingerprint density at radius 3 is 1.58 bits per heavy atom. The average molecular weight is 254 g/mol. The van der Waals surface area contributed by atoms with E-state index in [1.54, 1.807) is 0 Å². The summed E-state index contributed by atoms with van der Waals surface area (Å²) in [5, 5.41) is 16.9. The Morgan fingerprint density at radius 1 is 0.737 bits per heavy atom. The molecule has 19 heavy (non-hydrogen) atoms. The summed E-state index contributed by atoms with van der Waals surface area (Å²) in [4.78, 5) is 0. The topological polar surface area (TPSA) is 51.6 Å². The molecule has 2 aromatic rings. The van der Waals surface area contributed by atoms with Crippen molar-refractivity contribution in [3.8, 4) is 0 Å². The van der Waals surface area contributed by atoms with Gasteiger partial charge >= 0.3 is 0 Å². The monoisotopic (exact) mass is 254 g/mol. The minimum atomic E-state index is 0.515. The van der Waals surface area contributed by atoms with Gasteiger partial charge in [0.25, 0.3) is 0 Å². The van der Waals surface area contributed by atoms with Crippen molar-refractivity contribution in [2.75, 3.05) is 0 Å². The zero-order valence-corrected chi connectivity index (χ0v) is 11.4. The van der Waals surface area contributed by atoms with Crippen molar-refractivity contribution in [3.63, 3.8) is 0 Å². The van der Waals surface area contributed by atoms with Crippen molar-refractivity contribution in [1.29, 1.82) is 0 Å². The summed E-state index contributed by atoms with van der Waals surface area (Å²) in [5.41, 5.74) is 4.19. The molecule has 4 heteroatoms. The first kappa shape index (κ1) is 12.2. The van der Waals surface area contributed by atoms with Crippen molar-refractivity contribution in [3.05, 3.63) is 47.0 Å². The molecular weight excluding hydrogens is 236 g/mol. The lowest BCUT2D eigenvalue weighted by Crippen LogP contribution is -2.02. The normalized spacial score (nSPS) is 22.6. The van der Waals surface area contributed by atoms with Crippen molar-refractivity contribution in [2.24, 2.45) is 0 Å². The molecule has 0 aliphatic heterocycles. The van der Waals surface area contributed by atoms with Crippen LogP contribution in [-0.2, 0) is 0 Å². The molecule has 98 valence electrons. The molecule has 0 saturated heterocycles. The van der Waals surface area contributed by atoms with Crippen LogP contribution in [0.2, 0.25) is 0 Å². The van der Waals surface area contributed by atoms with E-state index >= 15 is 0 Å². The van der Waals surface area contributed by atoms with Gasteiger partial charge in [0.1, 0.15) is 0 Å². The van der Waals surface area contributed by atoms with Gasteiger partial charge in [-0.2, -0.15) is 20.4 Å². The van der Waals surface area contributed by atoms with E-state index in [-0.39, 0.29) is 0 Å². The summed E-state index contributed by atoms with van der Waals surface area (Å²) in [5.74, 6) is 1.03. The van der Waals surface area contributed by atoms with Gasteiger partial charge in [-0.25, -0.2) is 0 Å². The van der Waals surface area contributed by atoms with Crippen LogP contribution in [0.5, 0.6) is 0 Å². The SMILES string of the molecule is Cc1ccc([C@@H]2CC[C@@H](c3ccc(C)nn3)C2)nn1. The maximum atomic E-state index is 4.32. The summed E-state index contributed by atoms with van der Waals surface area (Å²) < 4.78 is 0. The summed E-state index contributed by atoms with van der Waals surface area (Å²) in [7, 11) is 0. The fourth-order valence-corrected chi connectivity index (χ4v) is 2.77. The van der Waals surface area contributed by atoms with Gasteiger partial charge in [0.2, 0.25) is 0 Å². The molecule has 1 fully saturated rings. The molecule has 0 N–H and O–H groups in total. The third-order valence-corrected chi connectivity index (χ3v) is 3.91. The van der Waals surface area contributed by atoms with Gasteiger partial charge in [-0.3, -0.25) is 0 Å². The van der Waals surface area contributed by atoms with Crippen LogP contribution in [0.3, 0.4) is 0 Å². The summed E-state index contributed by atoms with van der Waals surface area (Å²) in [6, 6.07) is 8.30. The smallest absolute Gasteiger partial charge is 0.0662 e. The fourth-order valence-electron chi connectivity index (χ4n) is 2.77. The van der Waals surface area contributed by atoms with E-state index in [1.807, 2.05) is 26.0 Å². The average Bonchev–Trinajstić information content (AvgIpc) is 2.90. The van der Waals surface area contributed by atoms with E-state index in [4.69, 9.17) is 0 Å². The lowest BCUT2D eigenvalue weighted by Gasteiger charge is -2.10. The van der Waals surface area contributed by atoms with Crippen LogP contribution >= 0.6 is 0 Å². The molecule has 1 saturated carbocycles. The lowest BCUT2D eigenvalue weighted by atomic mass is 9.99. The number of rotatable bonds is 2. The first-order chi connectivity index (χ1) is 9.22. The van der Waals surface area contributed by atoms with Gasteiger partial charge in [0.05, 0.1) is 22.8 Å². The molecule has 1 aliphatic carbocycles. The maximum absolute atomic E-state index is 4.32. The van der Waals surface area contributed by atoms with Gasteiger partial charge in [-0.05, 0) is 57.4 Å². The Hall–Kier alpha value is -1.84. The zero-order valence-electron chi connectivity index (χ0n) is 11.4. The molecule has 2 atom stereocenters. The molecule has 1 aliphatic rings. The second kappa shape index (κ2) is 5.03. The van der Waals surface area contributed by atoms with E-state index in [9.17, 15) is 0 Å². The van der Waals surface area contributed by atoms with Crippen LogP contribution in [0.1, 0.15) is 53.9 Å². The minimum absolute atomic E-state index is 0.515. The second-order valence-electron chi connectivity index (χ2n) is 5.41. The Labute approximate surface area is 113 Å². The number of aromatic nitrogens is 4. The summed E-state index contributed by atoms with van der Waals surface area (Å²) in [6.45, 7) is 3.94. The maximum Gasteiger partial charge on any atom is 0.0662 e. The molecule has 0 radical (unpaired) electrons. The molecule has 0 aromatic carbocycles. The van der Waals surface area contributed by atoms with Crippen LogP contribution in [0.15, 0.2) is 24.3 Å². The molecule has 0 unspecified atom stereocenters. The third kappa shape index (κ3) is 2.62. The van der Waals surface area contributed by atoms with Crippen LogP contribution in [-0.4, -0.2) is 20.4 Å². The van der Waals surface area contributed by atoms with Gasteiger partial charge in [0, 0.05) is 11.8 Å². The largest absolute Gasteiger partial charge is 0.156 e. The predicted octanol–water partition coefficient (Wildman–Crippen LogP) is 2.93. The van der Waals surface area contributed by atoms with Crippen LogP contribution in [0, 0.1) is 13.8 Å². The Morgan fingerprint density at radius 2 is 1.21 bits per heavy atom. The van der Waals surface area contributed by atoms with Crippen LogP contribution in [0.25, 0.3) is 0 Å². The summed E-state index contributed by atoms with van der Waals surface area (Å²) >= 11 is 0. The first-order valence-electron chi connectivity index (χ1n) is 6.83. The zero-order chi connectivity index (χ0) is 13.2. The highest BCUT2D eigenvalue weighted by Crippen LogP contribution is 2.42. The predicted molar refractivity (Wildman–Crippen MR) is 72.9 cm³/mol. The van der Waals surface area contributed by atoms with Gasteiger partial charge in [-0.15, -0.1) is 0 Å². The Kier molecular flexibility index (Phi) is 3.23. The number of nitrogens with zero attached hydrogens (tertiary/aromatic N) is 4. The Balaban J connectivity index is 1.73. The van der Waals surface area contributed by atoms with E-state index in [2.05, 4.69) is 32.5 Å². The highest BCUT2D eigenvalue weighted by molar-refractivity contribution is 5.17. The van der Waals surface area contributed by atoms with E-state index in [0.29, 0.717) is 11.8 Å². The van der Waals surface area contributed by atoms with Crippen LogP contribution < -0.4 is 0 Å². The molecule has 0 bridgehead atoms. The minimum Gasteiger partial charge on any atom is -0.156 e. The third-order valence-electron chi connectivity index (χ3n) is 3.91. The fraction of sp³-hybridized carbons (Fsp3) is 0.467. The molecule has 2 heterocycles. The standard InChI is InChI=1S/C15H18N4/c1-10-3-7-14(18-16-10)12-5-6-13(9-12)15-8-4-11(2)17-19-15/h3-4,7-8,12-13H,5-6,9H2,1-2H3/t12-,13-/m1/s1. The highest BCUT2D eigenvalue weighted by atomic mass is 15.1. The van der Waals surface area contributed by atoms with Crippen LogP contribution in [0.4, 0.5) is 0 Å². The second-order valence-corrected chi connectivity index (χ2v) is 5.41. The van der Waals surface area contributed by atoms with Gasteiger partial charge < -0.3 is 0 Å². The van der Waals surface area contributed by atoms with E-state index < -0.39 is 0 Å². The number of hydrogen-bond acceptors (Lipinski definition) is 4. The molecule has 3 rings (SSSR count). The highest BCUT2D eigenvalue weighted by Gasteiger charge is 2.29. The molecule has 2 aromatic heterocycles. The van der Waals surface area contributed by atoms with E-state index in [0.717, 1.165) is 42.0 Å². The molecule has 0 amide bonds. The van der Waals surface area contributed by atoms with Gasteiger partial charge in [-0.1, -0.05) is 0 Å². The Bertz CT molecular complexity index is 496. The summed E-state index contributed by atoms with van der Waals surface area (Å²) in [6.07, 6.45) is 3.44. The quantitative estimate of drug-likeness (QED) is 0.826. The van der Waals surface area contributed by atoms with Crippen molar-refractivity contribution in [1.82, 2.24) is 20.4 Å². The van der Waals surface area contributed by atoms with Crippen molar-refractivity contribution in [2.45, 2.75) is 44.9 Å². The number of aryl methyl sites for hydroxylation is 2. The van der Waals surface area contributed by atoms with E-state index in [1.165, 1.54) is 0 Å². The molecule has 4 nitrogen and oxygen atoms in total. The van der Waals surface area contributed by atoms with Crippen molar-refractivity contribution < 1.29 is 0 Å². The van der Waals surface area contributed by atoms with Crippen molar-refractivity contribution >= 4 is 0 Å².